The Balaban J connectivity index is 2.02. The van der Waals surface area contributed by atoms with Crippen LogP contribution in [0.15, 0.2) is 45.8 Å². The number of hydrogen-bond acceptors (Lipinski definition) is 3. The molecule has 114 valence electrons. The van der Waals surface area contributed by atoms with Gasteiger partial charge < -0.3 is 4.98 Å². The molecule has 0 amide bonds. The number of fused-ring (bicyclic) bond motifs is 2. The topological polar surface area (TPSA) is 63.1 Å². The van der Waals surface area contributed by atoms with E-state index in [1.54, 1.807) is 23.7 Å². The summed E-state index contributed by atoms with van der Waals surface area (Å²) in [5.74, 6) is -0.0187. The largest absolute Gasteiger partial charge is 0.351 e. The average Bonchev–Trinajstić information content (AvgIpc) is 2.94. The zero-order chi connectivity index (χ0) is 16.1. The minimum atomic E-state index is -0.439. The molecule has 1 N–H and O–H groups in total. The maximum atomic E-state index is 13.4. The van der Waals surface area contributed by atoms with Crippen LogP contribution < -0.4 is 5.43 Å². The molecule has 23 heavy (non-hydrogen) atoms. The number of aromatic amines is 1. The quantitative estimate of drug-likeness (QED) is 0.556. The van der Waals surface area contributed by atoms with E-state index >= 15 is 0 Å². The van der Waals surface area contributed by atoms with Gasteiger partial charge in [0.25, 0.3) is 0 Å². The smallest absolute Gasteiger partial charge is 0.198 e. The van der Waals surface area contributed by atoms with E-state index in [0.29, 0.717) is 33.6 Å². The second-order valence-electron chi connectivity index (χ2n) is 5.23. The summed E-state index contributed by atoms with van der Waals surface area (Å²) in [5.41, 5.74) is 1.99. The molecule has 0 aliphatic carbocycles. The van der Waals surface area contributed by atoms with E-state index in [9.17, 15) is 9.18 Å². The van der Waals surface area contributed by atoms with Gasteiger partial charge in [0.05, 0.1) is 11.2 Å². The molecule has 3 heterocycles. The number of aromatic nitrogens is 4. The van der Waals surface area contributed by atoms with Crippen LogP contribution in [0.3, 0.4) is 0 Å². The third-order valence-corrected chi connectivity index (χ3v) is 4.19. The van der Waals surface area contributed by atoms with Crippen LogP contribution in [-0.4, -0.2) is 19.6 Å². The first-order chi connectivity index (χ1) is 11.0. The molecule has 0 aliphatic heterocycles. The fraction of sp³-hybridized carbons (Fsp3) is 0.0625. The van der Waals surface area contributed by atoms with Gasteiger partial charge in [-0.1, -0.05) is 0 Å². The molecule has 0 aliphatic rings. The summed E-state index contributed by atoms with van der Waals surface area (Å²) < 4.78 is 15.9. The van der Waals surface area contributed by atoms with Gasteiger partial charge in [0, 0.05) is 21.6 Å². The summed E-state index contributed by atoms with van der Waals surface area (Å²) >= 11 is 3.38. The normalized spacial score (nSPS) is 11.4. The molecule has 4 rings (SSSR count). The molecule has 0 radical (unpaired) electrons. The minimum Gasteiger partial charge on any atom is -0.351 e. The summed E-state index contributed by atoms with van der Waals surface area (Å²) in [5, 5.41) is 4.72. The van der Waals surface area contributed by atoms with Crippen LogP contribution in [0.25, 0.3) is 28.1 Å². The van der Waals surface area contributed by atoms with Gasteiger partial charge in [-0.2, -0.15) is 0 Å². The average molecular weight is 373 g/mol. The first-order valence-electron chi connectivity index (χ1n) is 6.87. The van der Waals surface area contributed by atoms with Gasteiger partial charge in [-0.15, -0.1) is 5.10 Å². The number of halogens is 2. The molecule has 7 heteroatoms. The van der Waals surface area contributed by atoms with Gasteiger partial charge in [0.15, 0.2) is 16.9 Å². The van der Waals surface area contributed by atoms with Gasteiger partial charge in [0.2, 0.25) is 0 Å². The van der Waals surface area contributed by atoms with Crippen molar-refractivity contribution < 1.29 is 4.39 Å². The van der Waals surface area contributed by atoms with E-state index < -0.39 is 5.82 Å². The summed E-state index contributed by atoms with van der Waals surface area (Å²) in [6, 6.07) is 7.78. The van der Waals surface area contributed by atoms with Crippen molar-refractivity contribution >= 4 is 32.5 Å². The van der Waals surface area contributed by atoms with Crippen molar-refractivity contribution in [1.29, 1.82) is 0 Å². The monoisotopic (exact) mass is 372 g/mol. The number of nitrogens with zero attached hydrogens (tertiary/aromatic N) is 3. The summed E-state index contributed by atoms with van der Waals surface area (Å²) in [6.45, 7) is 1.68. The second-order valence-corrected chi connectivity index (χ2v) is 6.15. The van der Waals surface area contributed by atoms with Crippen LogP contribution in [0, 0.1) is 12.7 Å². The Bertz CT molecular complexity index is 1130. The Hall–Kier alpha value is -2.54. The third kappa shape index (κ3) is 2.24. The van der Waals surface area contributed by atoms with Gasteiger partial charge in [-0.3, -0.25) is 4.79 Å². The predicted molar refractivity (Wildman–Crippen MR) is 88.9 cm³/mol. The van der Waals surface area contributed by atoms with E-state index in [0.717, 1.165) is 4.47 Å². The number of nitrogens with one attached hydrogen (secondary N) is 1. The number of pyridine rings is 2. The van der Waals surface area contributed by atoms with Crippen molar-refractivity contribution in [2.45, 2.75) is 6.92 Å². The molecule has 3 aromatic heterocycles. The highest BCUT2D eigenvalue weighted by Gasteiger charge is 2.15. The van der Waals surface area contributed by atoms with Crippen molar-refractivity contribution in [3.63, 3.8) is 0 Å². The van der Waals surface area contributed by atoms with Gasteiger partial charge in [0.1, 0.15) is 5.82 Å². The Kier molecular flexibility index (Phi) is 3.05. The van der Waals surface area contributed by atoms with Crippen molar-refractivity contribution in [2.75, 3.05) is 0 Å². The Morgan fingerprint density at radius 2 is 2.09 bits per heavy atom. The zero-order valence-corrected chi connectivity index (χ0v) is 13.6. The molecular formula is C16H10BrFN4O. The molecule has 4 aromatic rings. The van der Waals surface area contributed by atoms with Crippen LogP contribution in [0.4, 0.5) is 4.39 Å². The molecule has 0 saturated carbocycles. The van der Waals surface area contributed by atoms with Crippen LogP contribution >= 0.6 is 15.9 Å². The Morgan fingerprint density at radius 3 is 2.91 bits per heavy atom. The molecule has 0 unspecified atom stereocenters. The maximum Gasteiger partial charge on any atom is 0.198 e. The van der Waals surface area contributed by atoms with Crippen LogP contribution in [0.2, 0.25) is 0 Å². The lowest BCUT2D eigenvalue weighted by Crippen LogP contribution is -2.10. The minimum absolute atomic E-state index is 0.228. The SMILES string of the molecule is Cc1c(-c2nc3ccc(Br)cn3n2)[nH]c2ccc(F)cc2c1=O. The van der Waals surface area contributed by atoms with Crippen LogP contribution in [-0.2, 0) is 0 Å². The van der Waals surface area contributed by atoms with Gasteiger partial charge in [-0.25, -0.2) is 13.9 Å². The fourth-order valence-corrected chi connectivity index (χ4v) is 2.87. The van der Waals surface area contributed by atoms with Gasteiger partial charge >= 0.3 is 0 Å². The molecule has 0 bridgehead atoms. The highest BCUT2D eigenvalue weighted by Crippen LogP contribution is 2.21. The van der Waals surface area contributed by atoms with E-state index in [1.807, 2.05) is 12.1 Å². The molecule has 0 spiro atoms. The Morgan fingerprint density at radius 1 is 1.26 bits per heavy atom. The van der Waals surface area contributed by atoms with Crippen molar-refractivity contribution in [1.82, 2.24) is 19.6 Å². The lowest BCUT2D eigenvalue weighted by Gasteiger charge is -2.05. The molecule has 5 nitrogen and oxygen atoms in total. The summed E-state index contributed by atoms with van der Waals surface area (Å²) in [6.07, 6.45) is 1.79. The van der Waals surface area contributed by atoms with E-state index in [4.69, 9.17) is 0 Å². The third-order valence-electron chi connectivity index (χ3n) is 3.72. The number of H-pyrrole nitrogens is 1. The maximum absolute atomic E-state index is 13.4. The first kappa shape index (κ1) is 14.1. The lowest BCUT2D eigenvalue weighted by atomic mass is 10.1. The van der Waals surface area contributed by atoms with Crippen molar-refractivity contribution in [3.8, 4) is 11.5 Å². The summed E-state index contributed by atoms with van der Waals surface area (Å²) in [7, 11) is 0. The first-order valence-corrected chi connectivity index (χ1v) is 7.67. The molecule has 0 fully saturated rings. The van der Waals surface area contributed by atoms with Crippen LogP contribution in [0.1, 0.15) is 5.56 Å². The zero-order valence-electron chi connectivity index (χ0n) is 12.0. The summed E-state index contributed by atoms with van der Waals surface area (Å²) in [4.78, 5) is 20.1. The molecule has 0 saturated heterocycles. The molecule has 0 atom stereocenters. The standard InChI is InChI=1S/C16H10BrFN4O/c1-8-14(16-20-13-5-2-9(17)7-22(13)21-16)19-12-4-3-10(18)6-11(12)15(8)23/h2-7H,1H3,(H,19,23). The number of hydrogen-bond donors (Lipinski definition) is 1. The predicted octanol–water partition coefficient (Wildman–Crippen LogP) is 3.45. The number of rotatable bonds is 1. The fourth-order valence-electron chi connectivity index (χ4n) is 2.54. The van der Waals surface area contributed by atoms with Crippen molar-refractivity contribution in [3.05, 3.63) is 62.6 Å². The number of benzene rings is 1. The molecular weight excluding hydrogens is 363 g/mol. The van der Waals surface area contributed by atoms with Gasteiger partial charge in [-0.05, 0) is 53.2 Å². The van der Waals surface area contributed by atoms with E-state index in [1.165, 1.54) is 12.1 Å². The highest BCUT2D eigenvalue weighted by molar-refractivity contribution is 9.10. The highest BCUT2D eigenvalue weighted by atomic mass is 79.9. The van der Waals surface area contributed by atoms with Crippen LogP contribution in [0.5, 0.6) is 0 Å². The van der Waals surface area contributed by atoms with E-state index in [-0.39, 0.29) is 5.43 Å². The Labute approximate surface area is 137 Å². The second kappa shape index (κ2) is 4.99. The lowest BCUT2D eigenvalue weighted by molar-refractivity contribution is 0.629. The van der Waals surface area contributed by atoms with Crippen molar-refractivity contribution in [2.24, 2.45) is 0 Å². The molecule has 1 aromatic carbocycles. The van der Waals surface area contributed by atoms with E-state index in [2.05, 4.69) is 31.0 Å².